The lowest BCUT2D eigenvalue weighted by atomic mass is 9.92. The van der Waals surface area contributed by atoms with Crippen molar-refractivity contribution >= 4 is 5.82 Å². The number of hydrogen-bond donors (Lipinski definition) is 1. The standard InChI is InChI=1S/C21H23F2N3/c1-16-15-19(25-18-11-13-21(22,23)14-12-18)26-20(24-16)17-9-7-5-3-2-4-6-8-10-17/h2-10,15,18H,11-14H2,1H3,(H,24,25,26). The molecule has 1 aliphatic rings. The molecule has 26 heavy (non-hydrogen) atoms. The molecule has 0 unspecified atom stereocenters. The maximum Gasteiger partial charge on any atom is 0.248 e. The fourth-order valence-corrected chi connectivity index (χ4v) is 3.01. The molecular formula is C21H23F2N3. The van der Waals surface area contributed by atoms with E-state index < -0.39 is 5.92 Å². The predicted molar refractivity (Wildman–Crippen MR) is 101 cm³/mol. The Bertz CT molecular complexity index is 772. The lowest BCUT2D eigenvalue weighted by Crippen LogP contribution is -2.32. The first-order valence-electron chi connectivity index (χ1n) is 8.91. The van der Waals surface area contributed by atoms with Crippen molar-refractivity contribution in [1.82, 2.24) is 9.97 Å². The van der Waals surface area contributed by atoms with Gasteiger partial charge in [0.2, 0.25) is 5.92 Å². The van der Waals surface area contributed by atoms with Crippen LogP contribution in [0.15, 0.2) is 60.7 Å². The van der Waals surface area contributed by atoms with E-state index in [-0.39, 0.29) is 18.9 Å². The molecule has 0 amide bonds. The Hall–Kier alpha value is -2.56. The largest absolute Gasteiger partial charge is 0.367 e. The minimum atomic E-state index is -2.52. The first-order valence-corrected chi connectivity index (χ1v) is 8.91. The van der Waals surface area contributed by atoms with Gasteiger partial charge in [-0.15, -0.1) is 0 Å². The molecule has 1 heterocycles. The van der Waals surface area contributed by atoms with E-state index in [0.29, 0.717) is 24.5 Å². The summed E-state index contributed by atoms with van der Waals surface area (Å²) in [7, 11) is 0. The summed E-state index contributed by atoms with van der Waals surface area (Å²) >= 11 is 0. The first kappa shape index (κ1) is 18.2. The molecule has 5 heteroatoms. The number of nitrogens with one attached hydrogen (secondary N) is 1. The molecule has 1 aliphatic carbocycles. The minimum absolute atomic E-state index is 0.0262. The van der Waals surface area contributed by atoms with Crippen molar-refractivity contribution in [3.63, 3.8) is 0 Å². The van der Waals surface area contributed by atoms with Crippen LogP contribution in [0, 0.1) is 6.92 Å². The third kappa shape index (κ3) is 5.22. The fraction of sp³-hybridized carbons (Fsp3) is 0.333. The van der Waals surface area contributed by atoms with Gasteiger partial charge in [-0.1, -0.05) is 54.6 Å². The van der Waals surface area contributed by atoms with E-state index in [1.807, 2.05) is 67.6 Å². The molecule has 1 aromatic carbocycles. The van der Waals surface area contributed by atoms with E-state index >= 15 is 0 Å². The van der Waals surface area contributed by atoms with E-state index in [2.05, 4.69) is 15.3 Å². The van der Waals surface area contributed by atoms with Crippen LogP contribution >= 0.6 is 0 Å². The first-order chi connectivity index (χ1) is 12.5. The van der Waals surface area contributed by atoms with Gasteiger partial charge < -0.3 is 5.32 Å². The summed E-state index contributed by atoms with van der Waals surface area (Å²) in [6.45, 7) is 1.91. The monoisotopic (exact) mass is 355 g/mol. The molecule has 0 bridgehead atoms. The molecule has 136 valence electrons. The molecule has 0 aliphatic heterocycles. The maximum absolute atomic E-state index is 13.3. The van der Waals surface area contributed by atoms with Gasteiger partial charge in [0.05, 0.1) is 0 Å². The normalized spacial score (nSPS) is 16.6. The molecule has 0 spiro atoms. The number of alkyl halides is 2. The van der Waals surface area contributed by atoms with E-state index in [9.17, 15) is 8.78 Å². The van der Waals surface area contributed by atoms with E-state index in [1.54, 1.807) is 0 Å². The molecule has 1 fully saturated rings. The van der Waals surface area contributed by atoms with Gasteiger partial charge in [-0.05, 0) is 19.8 Å². The predicted octanol–water partition coefficient (Wildman–Crippen LogP) is 5.57. The zero-order chi connectivity index (χ0) is 18.4. The van der Waals surface area contributed by atoms with Crippen molar-refractivity contribution in [3.05, 3.63) is 66.4 Å². The van der Waals surface area contributed by atoms with Crippen LogP contribution < -0.4 is 5.32 Å². The Labute approximate surface area is 152 Å². The Morgan fingerprint density at radius 1 is 0.923 bits per heavy atom. The third-order valence-corrected chi connectivity index (χ3v) is 4.40. The van der Waals surface area contributed by atoms with Gasteiger partial charge in [0.25, 0.3) is 0 Å². The molecular weight excluding hydrogens is 332 g/mol. The van der Waals surface area contributed by atoms with Gasteiger partial charge in [0.15, 0.2) is 5.82 Å². The van der Waals surface area contributed by atoms with E-state index in [1.165, 1.54) is 0 Å². The average molecular weight is 355 g/mol. The van der Waals surface area contributed by atoms with Gasteiger partial charge in [-0.25, -0.2) is 18.7 Å². The van der Waals surface area contributed by atoms with Crippen LogP contribution in [-0.4, -0.2) is 21.9 Å². The van der Waals surface area contributed by atoms with E-state index in [0.717, 1.165) is 11.3 Å². The fourth-order valence-electron chi connectivity index (χ4n) is 3.01. The van der Waals surface area contributed by atoms with Crippen molar-refractivity contribution in [2.75, 3.05) is 5.32 Å². The number of aromatic nitrogens is 2. The van der Waals surface area contributed by atoms with Crippen molar-refractivity contribution in [2.45, 2.75) is 44.6 Å². The van der Waals surface area contributed by atoms with Crippen LogP contribution in [0.3, 0.4) is 0 Å². The van der Waals surface area contributed by atoms with Crippen molar-refractivity contribution in [2.24, 2.45) is 0 Å². The lowest BCUT2D eigenvalue weighted by molar-refractivity contribution is -0.0361. The second-order valence-corrected chi connectivity index (χ2v) is 6.63. The van der Waals surface area contributed by atoms with Gasteiger partial charge in [-0.3, -0.25) is 0 Å². The van der Waals surface area contributed by atoms with Crippen LogP contribution in [0.1, 0.15) is 31.4 Å². The lowest BCUT2D eigenvalue weighted by Gasteiger charge is -2.29. The highest BCUT2D eigenvalue weighted by Gasteiger charge is 2.34. The van der Waals surface area contributed by atoms with Crippen molar-refractivity contribution in [1.29, 1.82) is 0 Å². The highest BCUT2D eigenvalue weighted by Crippen LogP contribution is 2.34. The van der Waals surface area contributed by atoms with E-state index in [4.69, 9.17) is 0 Å². The maximum atomic E-state index is 13.3. The number of aryl methyl sites for hydroxylation is 1. The molecule has 0 radical (unpaired) electrons. The average Bonchev–Trinajstić information content (AvgIpc) is 2.61. The summed E-state index contributed by atoms with van der Waals surface area (Å²) < 4.78 is 26.7. The minimum Gasteiger partial charge on any atom is -0.367 e. The highest BCUT2D eigenvalue weighted by molar-refractivity contribution is 5.56. The smallest absolute Gasteiger partial charge is 0.248 e. The summed E-state index contributed by atoms with van der Waals surface area (Å²) in [4.78, 5) is 9.14. The van der Waals surface area contributed by atoms with Crippen LogP contribution in [0.4, 0.5) is 14.6 Å². The summed E-state index contributed by atoms with van der Waals surface area (Å²) in [5.74, 6) is -1.22. The molecule has 1 N–H and O–H groups in total. The molecule has 0 atom stereocenters. The highest BCUT2D eigenvalue weighted by atomic mass is 19.3. The molecule has 3 rings (SSSR count). The number of nitrogens with zero attached hydrogens (tertiary/aromatic N) is 2. The summed E-state index contributed by atoms with van der Waals surface area (Å²) in [5, 5.41) is 3.31. The van der Waals surface area contributed by atoms with Crippen LogP contribution in [-0.2, 0) is 0 Å². The Morgan fingerprint density at radius 3 is 2.12 bits per heavy atom. The SMILES string of the molecule is Cc1cc(NC2CCC(F)(F)CC2)nc(-c2ccccccccc2)n1. The van der Waals surface area contributed by atoms with Crippen molar-refractivity contribution in [3.8, 4) is 11.4 Å². The van der Waals surface area contributed by atoms with Gasteiger partial charge in [0, 0.05) is 36.2 Å². The second-order valence-electron chi connectivity index (χ2n) is 6.63. The quantitative estimate of drug-likeness (QED) is 0.782. The summed E-state index contributed by atoms with van der Waals surface area (Å²) in [5.41, 5.74) is 1.73. The topological polar surface area (TPSA) is 37.8 Å². The Morgan fingerprint density at radius 2 is 1.50 bits per heavy atom. The summed E-state index contributed by atoms with van der Waals surface area (Å²) in [6.07, 6.45) is 0.766. The number of anilines is 1. The number of halogens is 2. The molecule has 2 aromatic rings. The van der Waals surface area contributed by atoms with Gasteiger partial charge in [-0.2, -0.15) is 0 Å². The van der Waals surface area contributed by atoms with Crippen LogP contribution in [0.25, 0.3) is 11.4 Å². The third-order valence-electron chi connectivity index (χ3n) is 4.40. The second kappa shape index (κ2) is 8.21. The summed E-state index contributed by atoms with van der Waals surface area (Å²) in [6, 6.07) is 19.4. The number of rotatable bonds is 3. The van der Waals surface area contributed by atoms with Gasteiger partial charge in [0.1, 0.15) is 5.82 Å². The Kier molecular flexibility index (Phi) is 5.76. The molecule has 3 nitrogen and oxygen atoms in total. The van der Waals surface area contributed by atoms with Gasteiger partial charge >= 0.3 is 0 Å². The van der Waals surface area contributed by atoms with Crippen molar-refractivity contribution < 1.29 is 8.78 Å². The zero-order valence-corrected chi connectivity index (χ0v) is 14.8. The molecule has 0 saturated heterocycles. The van der Waals surface area contributed by atoms with Crippen LogP contribution in [0.5, 0.6) is 0 Å². The zero-order valence-electron chi connectivity index (χ0n) is 14.8. The molecule has 1 saturated carbocycles. The van der Waals surface area contributed by atoms with Crippen LogP contribution in [0.2, 0.25) is 0 Å². The molecule has 1 aromatic heterocycles. The Balaban J connectivity index is 1.84. The number of hydrogen-bond acceptors (Lipinski definition) is 3.